The van der Waals surface area contributed by atoms with Crippen LogP contribution < -0.4 is 21.1 Å². The van der Waals surface area contributed by atoms with E-state index in [2.05, 4.69) is 0 Å². The van der Waals surface area contributed by atoms with E-state index in [-0.39, 0.29) is 18.4 Å². The third-order valence-electron chi connectivity index (χ3n) is 4.22. The van der Waals surface area contributed by atoms with E-state index in [1.165, 1.54) is 4.90 Å². The summed E-state index contributed by atoms with van der Waals surface area (Å²) in [5, 5.41) is 0. The van der Waals surface area contributed by atoms with E-state index in [4.69, 9.17) is 16.2 Å². The molecule has 2 unspecified atom stereocenters. The molecule has 2 atom stereocenters. The van der Waals surface area contributed by atoms with E-state index < -0.39 is 17.6 Å². The number of primary amides is 1. The Morgan fingerprint density at radius 2 is 2.00 bits per heavy atom. The highest BCUT2D eigenvalue weighted by atomic mass is 16.5. The summed E-state index contributed by atoms with van der Waals surface area (Å²) in [7, 11) is 0. The second kappa shape index (κ2) is 4.73. The van der Waals surface area contributed by atoms with Crippen LogP contribution in [0.2, 0.25) is 0 Å². The van der Waals surface area contributed by atoms with Crippen LogP contribution in [0.5, 0.6) is 5.75 Å². The molecule has 1 aliphatic carbocycles. The predicted octanol–water partition coefficient (Wildman–Crippen LogP) is 0.393. The lowest BCUT2D eigenvalue weighted by atomic mass is 9.94. The minimum absolute atomic E-state index is 0.102. The summed E-state index contributed by atoms with van der Waals surface area (Å²) in [5.74, 6) is -0.0982. The van der Waals surface area contributed by atoms with E-state index in [9.17, 15) is 9.59 Å². The molecular formula is C15H19N3O3. The molecule has 1 heterocycles. The summed E-state index contributed by atoms with van der Waals surface area (Å²) < 4.78 is 5.55. The molecule has 1 aromatic carbocycles. The second-order valence-corrected chi connectivity index (χ2v) is 5.95. The van der Waals surface area contributed by atoms with Crippen molar-refractivity contribution >= 4 is 17.5 Å². The van der Waals surface area contributed by atoms with Gasteiger partial charge in [-0.25, -0.2) is 0 Å². The Morgan fingerprint density at radius 3 is 2.62 bits per heavy atom. The van der Waals surface area contributed by atoms with Gasteiger partial charge in [0.15, 0.2) is 6.10 Å². The van der Waals surface area contributed by atoms with Crippen molar-refractivity contribution in [2.45, 2.75) is 31.4 Å². The van der Waals surface area contributed by atoms with Crippen LogP contribution in [0.4, 0.5) is 5.69 Å². The number of hydrogen-bond acceptors (Lipinski definition) is 4. The van der Waals surface area contributed by atoms with Gasteiger partial charge in [-0.1, -0.05) is 12.1 Å². The maximum atomic E-state index is 12.8. The average Bonchev–Trinajstić information content (AvgIpc) is 3.30. The molecule has 0 bridgehead atoms. The van der Waals surface area contributed by atoms with Gasteiger partial charge in [-0.15, -0.1) is 0 Å². The van der Waals surface area contributed by atoms with Crippen LogP contribution in [0.15, 0.2) is 24.3 Å². The Bertz CT molecular complexity index is 596. The van der Waals surface area contributed by atoms with Crippen molar-refractivity contribution < 1.29 is 14.3 Å². The first-order valence-electron chi connectivity index (χ1n) is 7.07. The number of benzene rings is 1. The molecule has 6 heteroatoms. The Balaban J connectivity index is 1.96. The lowest BCUT2D eigenvalue weighted by Crippen LogP contribution is -2.59. The number of nitrogens with two attached hydrogens (primary N) is 2. The number of carbonyl (C=O) groups is 2. The first-order valence-corrected chi connectivity index (χ1v) is 7.07. The van der Waals surface area contributed by atoms with Crippen molar-refractivity contribution in [3.63, 3.8) is 0 Å². The van der Waals surface area contributed by atoms with Crippen LogP contribution in [-0.4, -0.2) is 30.0 Å². The van der Waals surface area contributed by atoms with Crippen LogP contribution in [0, 0.1) is 5.92 Å². The maximum Gasteiger partial charge on any atom is 0.260 e. The summed E-state index contributed by atoms with van der Waals surface area (Å²) >= 11 is 0. The van der Waals surface area contributed by atoms with Crippen molar-refractivity contribution in [1.82, 2.24) is 0 Å². The molecule has 112 valence electrons. The van der Waals surface area contributed by atoms with Crippen molar-refractivity contribution in [2.24, 2.45) is 17.4 Å². The summed E-state index contributed by atoms with van der Waals surface area (Å²) in [6.07, 6.45) is 1.08. The minimum Gasteiger partial charge on any atom is -0.477 e. The second-order valence-electron chi connectivity index (χ2n) is 5.95. The van der Waals surface area contributed by atoms with E-state index in [0.29, 0.717) is 11.4 Å². The SMILES string of the molecule is CC(N)(C(=O)N1CC(C(N)=O)Oc2ccccc21)C1CC1. The van der Waals surface area contributed by atoms with Crippen molar-refractivity contribution in [3.8, 4) is 5.75 Å². The molecule has 0 spiro atoms. The number of fused-ring (bicyclic) bond motifs is 1. The van der Waals surface area contributed by atoms with Crippen molar-refractivity contribution in [1.29, 1.82) is 0 Å². The molecule has 0 saturated heterocycles. The van der Waals surface area contributed by atoms with Gasteiger partial charge in [-0.3, -0.25) is 9.59 Å². The van der Waals surface area contributed by atoms with Gasteiger partial charge in [0.25, 0.3) is 5.91 Å². The fraction of sp³-hybridized carbons (Fsp3) is 0.467. The van der Waals surface area contributed by atoms with Gasteiger partial charge in [0.05, 0.1) is 17.8 Å². The summed E-state index contributed by atoms with van der Waals surface area (Å²) in [6, 6.07) is 7.11. The van der Waals surface area contributed by atoms with Crippen LogP contribution in [0.1, 0.15) is 19.8 Å². The number of carbonyl (C=O) groups excluding carboxylic acids is 2. The summed E-state index contributed by atoms with van der Waals surface area (Å²) in [6.45, 7) is 1.86. The monoisotopic (exact) mass is 289 g/mol. The topological polar surface area (TPSA) is 98.7 Å². The first-order chi connectivity index (χ1) is 9.91. The minimum atomic E-state index is -0.924. The zero-order chi connectivity index (χ0) is 15.2. The number of para-hydroxylation sites is 2. The van der Waals surface area contributed by atoms with E-state index in [1.54, 1.807) is 25.1 Å². The molecule has 1 fully saturated rings. The van der Waals surface area contributed by atoms with Crippen LogP contribution in [-0.2, 0) is 9.59 Å². The molecule has 2 amide bonds. The normalized spacial score (nSPS) is 23.7. The highest BCUT2D eigenvalue weighted by Gasteiger charge is 2.48. The van der Waals surface area contributed by atoms with Gasteiger partial charge in [-0.05, 0) is 37.8 Å². The molecule has 0 aromatic heterocycles. The predicted molar refractivity (Wildman–Crippen MR) is 77.7 cm³/mol. The van der Waals surface area contributed by atoms with Crippen LogP contribution in [0.3, 0.4) is 0 Å². The van der Waals surface area contributed by atoms with Crippen LogP contribution in [0.25, 0.3) is 0 Å². The average molecular weight is 289 g/mol. The highest BCUT2D eigenvalue weighted by Crippen LogP contribution is 2.41. The number of rotatable bonds is 3. The van der Waals surface area contributed by atoms with Gasteiger partial charge >= 0.3 is 0 Å². The third-order valence-corrected chi connectivity index (χ3v) is 4.22. The molecule has 1 saturated carbocycles. The lowest BCUT2D eigenvalue weighted by molar-refractivity contribution is -0.127. The quantitative estimate of drug-likeness (QED) is 0.841. The zero-order valence-electron chi connectivity index (χ0n) is 11.9. The number of ether oxygens (including phenoxy) is 1. The Kier molecular flexibility index (Phi) is 3.13. The molecule has 6 nitrogen and oxygen atoms in total. The van der Waals surface area contributed by atoms with E-state index in [1.807, 2.05) is 6.07 Å². The highest BCUT2D eigenvalue weighted by molar-refractivity contribution is 6.02. The zero-order valence-corrected chi connectivity index (χ0v) is 11.9. The van der Waals surface area contributed by atoms with Gasteiger partial charge in [0, 0.05) is 0 Å². The fourth-order valence-electron chi connectivity index (χ4n) is 2.72. The molecule has 21 heavy (non-hydrogen) atoms. The molecule has 4 N–H and O–H groups in total. The standard InChI is InChI=1S/C15H19N3O3/c1-15(17,9-6-7-9)14(20)18-8-12(13(16)19)21-11-5-3-2-4-10(11)18/h2-5,9,12H,6-8,17H2,1H3,(H2,16,19). The molecule has 2 aliphatic rings. The third kappa shape index (κ3) is 2.35. The molecule has 1 aliphatic heterocycles. The van der Waals surface area contributed by atoms with Crippen LogP contribution >= 0.6 is 0 Å². The van der Waals surface area contributed by atoms with Gasteiger partial charge in [0.2, 0.25) is 5.91 Å². The Hall–Kier alpha value is -2.08. The molecule has 0 radical (unpaired) electrons. The number of hydrogen-bond donors (Lipinski definition) is 2. The lowest BCUT2D eigenvalue weighted by Gasteiger charge is -2.37. The van der Waals surface area contributed by atoms with Gasteiger partial charge in [0.1, 0.15) is 5.75 Å². The number of nitrogens with zero attached hydrogens (tertiary/aromatic N) is 1. The van der Waals surface area contributed by atoms with E-state index >= 15 is 0 Å². The van der Waals surface area contributed by atoms with E-state index in [0.717, 1.165) is 12.8 Å². The van der Waals surface area contributed by atoms with Gasteiger partial charge in [-0.2, -0.15) is 0 Å². The Morgan fingerprint density at radius 1 is 1.33 bits per heavy atom. The fourth-order valence-corrected chi connectivity index (χ4v) is 2.72. The molecule has 1 aromatic rings. The van der Waals surface area contributed by atoms with Gasteiger partial charge < -0.3 is 21.1 Å². The molecular weight excluding hydrogens is 270 g/mol. The first kappa shape index (κ1) is 13.9. The summed E-state index contributed by atoms with van der Waals surface area (Å²) in [5.41, 5.74) is 11.3. The Labute approximate surface area is 123 Å². The number of amides is 2. The smallest absolute Gasteiger partial charge is 0.260 e. The number of anilines is 1. The molecule has 3 rings (SSSR count). The summed E-state index contributed by atoms with van der Waals surface area (Å²) in [4.78, 5) is 25.8. The largest absolute Gasteiger partial charge is 0.477 e. The van der Waals surface area contributed by atoms with Crippen molar-refractivity contribution in [3.05, 3.63) is 24.3 Å². The van der Waals surface area contributed by atoms with Crippen molar-refractivity contribution in [2.75, 3.05) is 11.4 Å². The maximum absolute atomic E-state index is 12.8.